The zero-order valence-corrected chi connectivity index (χ0v) is 9.49. The van der Waals surface area contributed by atoms with Crippen LogP contribution in [0.15, 0.2) is 18.2 Å². The Bertz CT molecular complexity index is 346. The maximum absolute atomic E-state index is 5.75. The van der Waals surface area contributed by atoms with E-state index in [-0.39, 0.29) is 0 Å². The molecule has 1 aromatic rings. The summed E-state index contributed by atoms with van der Waals surface area (Å²) >= 11 is 0. The third-order valence-corrected chi connectivity index (χ3v) is 3.50. The molecule has 2 unspecified atom stereocenters. The van der Waals surface area contributed by atoms with E-state index in [1.165, 1.54) is 24.0 Å². The maximum atomic E-state index is 5.75. The van der Waals surface area contributed by atoms with Crippen molar-refractivity contribution in [2.24, 2.45) is 11.7 Å². The molecule has 0 aromatic heterocycles. The molecule has 1 fully saturated rings. The molecule has 0 bridgehead atoms. The average molecular weight is 205 g/mol. The number of hydrogen-bond acceptors (Lipinski definition) is 2. The first-order chi connectivity index (χ1) is 7.26. The van der Waals surface area contributed by atoms with Crippen molar-refractivity contribution in [3.8, 4) is 5.75 Å². The van der Waals surface area contributed by atoms with Crippen molar-refractivity contribution in [1.82, 2.24) is 0 Å². The van der Waals surface area contributed by atoms with Crippen LogP contribution in [-0.2, 0) is 0 Å². The Morgan fingerprint density at radius 2 is 2.20 bits per heavy atom. The van der Waals surface area contributed by atoms with Gasteiger partial charge in [-0.3, -0.25) is 0 Å². The molecule has 82 valence electrons. The minimum absolute atomic E-state index is 0.616. The van der Waals surface area contributed by atoms with Crippen molar-refractivity contribution in [2.45, 2.75) is 25.7 Å². The molecule has 2 heteroatoms. The summed E-state index contributed by atoms with van der Waals surface area (Å²) in [7, 11) is 1.74. The number of benzene rings is 1. The molecule has 1 aliphatic carbocycles. The summed E-state index contributed by atoms with van der Waals surface area (Å²) in [6.07, 6.45) is 2.51. The summed E-state index contributed by atoms with van der Waals surface area (Å²) < 4.78 is 5.41. The van der Waals surface area contributed by atoms with Gasteiger partial charge in [0, 0.05) is 0 Å². The fourth-order valence-electron chi connectivity index (χ4n) is 2.40. The summed E-state index contributed by atoms with van der Waals surface area (Å²) in [5.41, 5.74) is 8.40. The highest BCUT2D eigenvalue weighted by atomic mass is 16.5. The summed E-state index contributed by atoms with van der Waals surface area (Å²) in [4.78, 5) is 0. The molecular formula is C13H19NO. The van der Waals surface area contributed by atoms with Crippen LogP contribution in [0.5, 0.6) is 5.75 Å². The van der Waals surface area contributed by atoms with Crippen molar-refractivity contribution in [3.63, 3.8) is 0 Å². The van der Waals surface area contributed by atoms with E-state index in [9.17, 15) is 0 Å². The highest BCUT2D eigenvalue weighted by molar-refractivity contribution is 5.40. The van der Waals surface area contributed by atoms with Gasteiger partial charge in [-0.1, -0.05) is 17.7 Å². The summed E-state index contributed by atoms with van der Waals surface area (Å²) in [6.45, 7) is 2.92. The second kappa shape index (κ2) is 4.23. The first-order valence-electron chi connectivity index (χ1n) is 5.61. The molecule has 2 rings (SSSR count). The van der Waals surface area contributed by atoms with Gasteiger partial charge < -0.3 is 10.5 Å². The molecule has 1 saturated carbocycles. The maximum Gasteiger partial charge on any atom is 0.122 e. The van der Waals surface area contributed by atoms with Gasteiger partial charge in [-0.25, -0.2) is 0 Å². The fourth-order valence-corrected chi connectivity index (χ4v) is 2.40. The first-order valence-corrected chi connectivity index (χ1v) is 5.61. The quantitative estimate of drug-likeness (QED) is 0.822. The van der Waals surface area contributed by atoms with Crippen molar-refractivity contribution in [3.05, 3.63) is 29.3 Å². The van der Waals surface area contributed by atoms with Crippen LogP contribution in [0, 0.1) is 12.8 Å². The van der Waals surface area contributed by atoms with Gasteiger partial charge >= 0.3 is 0 Å². The molecule has 2 N–H and O–H groups in total. The van der Waals surface area contributed by atoms with E-state index in [0.29, 0.717) is 11.8 Å². The zero-order valence-electron chi connectivity index (χ0n) is 9.49. The number of ether oxygens (including phenoxy) is 1. The molecule has 2 atom stereocenters. The van der Waals surface area contributed by atoms with Crippen molar-refractivity contribution < 1.29 is 4.74 Å². The fraction of sp³-hybridized carbons (Fsp3) is 0.538. The van der Waals surface area contributed by atoms with Gasteiger partial charge in [-0.15, -0.1) is 0 Å². The van der Waals surface area contributed by atoms with E-state index in [4.69, 9.17) is 10.5 Å². The molecule has 1 aromatic carbocycles. The van der Waals surface area contributed by atoms with Crippen LogP contribution in [0.1, 0.15) is 29.9 Å². The summed E-state index contributed by atoms with van der Waals surface area (Å²) in [5.74, 6) is 2.29. The van der Waals surface area contributed by atoms with Crippen LogP contribution in [-0.4, -0.2) is 13.7 Å². The number of hydrogen-bond donors (Lipinski definition) is 1. The Kier molecular flexibility index (Phi) is 2.96. The Morgan fingerprint density at radius 1 is 1.40 bits per heavy atom. The average Bonchev–Trinajstić information content (AvgIpc) is 2.17. The van der Waals surface area contributed by atoms with Crippen LogP contribution in [0.4, 0.5) is 0 Å². The van der Waals surface area contributed by atoms with E-state index in [1.54, 1.807) is 7.11 Å². The second-order valence-electron chi connectivity index (χ2n) is 4.43. The second-order valence-corrected chi connectivity index (χ2v) is 4.43. The lowest BCUT2D eigenvalue weighted by atomic mass is 9.69. The molecule has 15 heavy (non-hydrogen) atoms. The molecule has 0 saturated heterocycles. The number of aryl methyl sites for hydroxylation is 1. The molecule has 2 nitrogen and oxygen atoms in total. The predicted molar refractivity (Wildman–Crippen MR) is 62.3 cm³/mol. The van der Waals surface area contributed by atoms with Crippen molar-refractivity contribution >= 4 is 0 Å². The number of methoxy groups -OCH3 is 1. The van der Waals surface area contributed by atoms with Gasteiger partial charge in [0.2, 0.25) is 0 Å². The highest BCUT2D eigenvalue weighted by Crippen LogP contribution is 2.45. The Morgan fingerprint density at radius 3 is 2.73 bits per heavy atom. The third-order valence-electron chi connectivity index (χ3n) is 3.50. The van der Waals surface area contributed by atoms with Gasteiger partial charge in [-0.05, 0) is 49.8 Å². The van der Waals surface area contributed by atoms with E-state index in [2.05, 4.69) is 25.1 Å². The SMILES string of the molecule is COc1ccc(C)cc1C1CCC1CN. The Hall–Kier alpha value is -1.02. The van der Waals surface area contributed by atoms with Crippen molar-refractivity contribution in [1.29, 1.82) is 0 Å². The predicted octanol–water partition coefficient (Wildman–Crippen LogP) is 2.46. The lowest BCUT2D eigenvalue weighted by molar-refractivity contribution is 0.256. The normalized spacial score (nSPS) is 24.7. The lowest BCUT2D eigenvalue weighted by Crippen LogP contribution is -2.30. The topological polar surface area (TPSA) is 35.2 Å². The van der Waals surface area contributed by atoms with Crippen LogP contribution >= 0.6 is 0 Å². The number of rotatable bonds is 3. The third kappa shape index (κ3) is 1.86. The van der Waals surface area contributed by atoms with E-state index in [1.807, 2.05) is 0 Å². The van der Waals surface area contributed by atoms with Gasteiger partial charge in [0.25, 0.3) is 0 Å². The van der Waals surface area contributed by atoms with E-state index < -0.39 is 0 Å². The van der Waals surface area contributed by atoms with Crippen molar-refractivity contribution in [2.75, 3.05) is 13.7 Å². The minimum atomic E-state index is 0.616. The van der Waals surface area contributed by atoms with Crippen LogP contribution < -0.4 is 10.5 Å². The molecule has 0 amide bonds. The van der Waals surface area contributed by atoms with Crippen LogP contribution in [0.2, 0.25) is 0 Å². The highest BCUT2D eigenvalue weighted by Gasteiger charge is 2.32. The molecule has 0 aliphatic heterocycles. The molecule has 0 spiro atoms. The summed E-state index contributed by atoms with van der Waals surface area (Å²) in [6, 6.07) is 6.40. The van der Waals surface area contributed by atoms with E-state index >= 15 is 0 Å². The zero-order chi connectivity index (χ0) is 10.8. The molecule has 0 heterocycles. The van der Waals surface area contributed by atoms with Crippen LogP contribution in [0.3, 0.4) is 0 Å². The molecule has 0 radical (unpaired) electrons. The Labute approximate surface area is 91.4 Å². The van der Waals surface area contributed by atoms with Crippen LogP contribution in [0.25, 0.3) is 0 Å². The monoisotopic (exact) mass is 205 g/mol. The van der Waals surface area contributed by atoms with E-state index in [0.717, 1.165) is 12.3 Å². The molecular weight excluding hydrogens is 186 g/mol. The standard InChI is InChI=1S/C13H19NO/c1-9-3-6-13(15-2)12(7-9)11-5-4-10(11)8-14/h3,6-7,10-11H,4-5,8,14H2,1-2H3. The lowest BCUT2D eigenvalue weighted by Gasteiger charge is -2.37. The largest absolute Gasteiger partial charge is 0.496 e. The Balaban J connectivity index is 2.29. The first kappa shape index (κ1) is 10.5. The number of nitrogens with two attached hydrogens (primary N) is 1. The minimum Gasteiger partial charge on any atom is -0.496 e. The van der Waals surface area contributed by atoms with Gasteiger partial charge in [0.05, 0.1) is 7.11 Å². The van der Waals surface area contributed by atoms with Gasteiger partial charge in [-0.2, -0.15) is 0 Å². The van der Waals surface area contributed by atoms with Gasteiger partial charge in [0.15, 0.2) is 0 Å². The summed E-state index contributed by atoms with van der Waals surface area (Å²) in [5, 5.41) is 0. The molecule has 1 aliphatic rings. The smallest absolute Gasteiger partial charge is 0.122 e. The van der Waals surface area contributed by atoms with Gasteiger partial charge in [0.1, 0.15) is 5.75 Å².